The van der Waals surface area contributed by atoms with Crippen molar-refractivity contribution in [2.24, 2.45) is 0 Å². The number of ether oxygens (including phenoxy) is 1. The number of esters is 1. The molecule has 30 heavy (non-hydrogen) atoms. The summed E-state index contributed by atoms with van der Waals surface area (Å²) in [5.74, 6) is -2.75. The Morgan fingerprint density at radius 2 is 2.00 bits per heavy atom. The van der Waals surface area contributed by atoms with Crippen molar-refractivity contribution < 1.29 is 23.1 Å². The maximum Gasteiger partial charge on any atom is 0.357 e. The van der Waals surface area contributed by atoms with Crippen molar-refractivity contribution in [1.82, 2.24) is 15.3 Å². The molecule has 2 aromatic heterocycles. The fourth-order valence-electron chi connectivity index (χ4n) is 3.18. The molecule has 7 nitrogen and oxygen atoms in total. The second kappa shape index (κ2) is 9.46. The number of nitrogens with one attached hydrogen (secondary N) is 2. The first kappa shape index (κ1) is 22.1. The number of anilines is 1. The van der Waals surface area contributed by atoms with Crippen molar-refractivity contribution in [3.8, 4) is 10.7 Å². The summed E-state index contributed by atoms with van der Waals surface area (Å²) >= 11 is 1.26. The molecule has 10 heteroatoms. The molecule has 0 aliphatic heterocycles. The molecule has 162 valence electrons. The van der Waals surface area contributed by atoms with Crippen molar-refractivity contribution in [2.75, 3.05) is 11.9 Å². The molecule has 0 aromatic carbocycles. The second-order valence-electron chi connectivity index (χ2n) is 7.19. The Labute approximate surface area is 177 Å². The Morgan fingerprint density at radius 1 is 1.27 bits per heavy atom. The van der Waals surface area contributed by atoms with Crippen LogP contribution in [-0.2, 0) is 16.1 Å². The topological polar surface area (TPSA) is 93.2 Å². The van der Waals surface area contributed by atoms with Crippen molar-refractivity contribution in [3.05, 3.63) is 28.8 Å². The first-order valence-electron chi connectivity index (χ1n) is 9.78. The Hall–Kier alpha value is -2.62. The third-order valence-electron chi connectivity index (χ3n) is 4.70. The summed E-state index contributed by atoms with van der Waals surface area (Å²) in [6.07, 6.45) is 0.394. The molecule has 3 rings (SSSR count). The van der Waals surface area contributed by atoms with Crippen LogP contribution in [0.15, 0.2) is 17.5 Å². The predicted molar refractivity (Wildman–Crippen MR) is 110 cm³/mol. The average molecular weight is 439 g/mol. The number of pyridine rings is 1. The first-order valence-corrected chi connectivity index (χ1v) is 10.7. The van der Waals surface area contributed by atoms with Crippen LogP contribution in [0.2, 0.25) is 0 Å². The molecule has 0 radical (unpaired) electrons. The maximum absolute atomic E-state index is 13.4. The first-order chi connectivity index (χ1) is 14.3. The van der Waals surface area contributed by atoms with E-state index in [0.29, 0.717) is 35.9 Å². The fourth-order valence-corrected chi connectivity index (χ4v) is 3.93. The van der Waals surface area contributed by atoms with Crippen LogP contribution in [-0.4, -0.2) is 40.4 Å². The van der Waals surface area contributed by atoms with Gasteiger partial charge in [-0.2, -0.15) is 0 Å². The van der Waals surface area contributed by atoms with Crippen molar-refractivity contribution in [3.63, 3.8) is 0 Å². The second-order valence-corrected chi connectivity index (χ2v) is 8.05. The molecule has 2 aromatic rings. The molecular weight excluding hydrogens is 414 g/mol. The van der Waals surface area contributed by atoms with Gasteiger partial charge in [0.1, 0.15) is 16.5 Å². The number of hydrogen-bond acceptors (Lipinski definition) is 7. The predicted octanol–water partition coefficient (Wildman–Crippen LogP) is 4.01. The van der Waals surface area contributed by atoms with Crippen LogP contribution in [0.1, 0.15) is 55.6 Å². The van der Waals surface area contributed by atoms with Crippen LogP contribution >= 0.6 is 11.3 Å². The van der Waals surface area contributed by atoms with Crippen molar-refractivity contribution >= 4 is 29.0 Å². The van der Waals surface area contributed by atoms with Crippen LogP contribution in [0.25, 0.3) is 10.7 Å². The van der Waals surface area contributed by atoms with Crippen molar-refractivity contribution in [1.29, 1.82) is 0 Å². The lowest BCUT2D eigenvalue weighted by Gasteiger charge is -2.29. The Kier molecular flexibility index (Phi) is 6.96. The van der Waals surface area contributed by atoms with E-state index >= 15 is 0 Å². The molecule has 0 bridgehead atoms. The molecule has 0 atom stereocenters. The minimum atomic E-state index is -2.60. The fraction of sp³-hybridized carbons (Fsp3) is 0.500. The largest absolute Gasteiger partial charge is 0.461 e. The zero-order valence-corrected chi connectivity index (χ0v) is 17.7. The number of hydrogen-bond donors (Lipinski definition) is 2. The molecule has 0 spiro atoms. The van der Waals surface area contributed by atoms with Gasteiger partial charge in [0.15, 0.2) is 5.69 Å². The van der Waals surface area contributed by atoms with Crippen LogP contribution in [0, 0.1) is 0 Å². The van der Waals surface area contributed by atoms with Crippen molar-refractivity contribution in [2.45, 2.75) is 58.0 Å². The van der Waals surface area contributed by atoms with E-state index in [9.17, 15) is 18.4 Å². The third kappa shape index (κ3) is 5.94. The monoisotopic (exact) mass is 438 g/mol. The number of thiazole rings is 1. The van der Waals surface area contributed by atoms with Crippen LogP contribution < -0.4 is 10.6 Å². The van der Waals surface area contributed by atoms with Gasteiger partial charge in [0.05, 0.1) is 6.61 Å². The van der Waals surface area contributed by atoms with E-state index in [2.05, 4.69) is 20.6 Å². The zero-order chi connectivity index (χ0) is 21.7. The van der Waals surface area contributed by atoms with Gasteiger partial charge in [0, 0.05) is 37.7 Å². The van der Waals surface area contributed by atoms with Gasteiger partial charge in [-0.1, -0.05) is 0 Å². The summed E-state index contributed by atoms with van der Waals surface area (Å²) in [7, 11) is 0. The van der Waals surface area contributed by atoms with E-state index in [1.54, 1.807) is 24.4 Å². The summed E-state index contributed by atoms with van der Waals surface area (Å²) in [5, 5.41) is 8.10. The molecule has 1 saturated carbocycles. The minimum Gasteiger partial charge on any atom is -0.461 e. The molecule has 2 N–H and O–H groups in total. The highest BCUT2D eigenvalue weighted by Crippen LogP contribution is 2.34. The van der Waals surface area contributed by atoms with E-state index in [0.717, 1.165) is 5.56 Å². The molecule has 0 unspecified atom stereocenters. The van der Waals surface area contributed by atoms with Gasteiger partial charge in [0.2, 0.25) is 11.8 Å². The summed E-state index contributed by atoms with van der Waals surface area (Å²) in [6.45, 7) is 3.69. The normalized spacial score (nSPS) is 16.1. The van der Waals surface area contributed by atoms with E-state index < -0.39 is 11.9 Å². The minimum absolute atomic E-state index is 0.104. The van der Waals surface area contributed by atoms with Gasteiger partial charge in [-0.25, -0.2) is 23.5 Å². The Bertz CT molecular complexity index is 909. The summed E-state index contributed by atoms with van der Waals surface area (Å²) < 4.78 is 31.8. The number of rotatable bonds is 7. The average Bonchev–Trinajstić information content (AvgIpc) is 3.19. The lowest BCUT2D eigenvalue weighted by atomic mass is 9.92. The van der Waals surface area contributed by atoms with Gasteiger partial charge >= 0.3 is 5.97 Å². The van der Waals surface area contributed by atoms with E-state index in [-0.39, 0.29) is 37.1 Å². The van der Waals surface area contributed by atoms with Gasteiger partial charge in [-0.15, -0.1) is 11.3 Å². The summed E-state index contributed by atoms with van der Waals surface area (Å²) in [4.78, 5) is 32.1. The standard InChI is InChI=1S/C20H24F2N4O3S/c1-3-29-19(28)16-11-30-18(26-16)15-8-13(10-23-12(2)27)9-17(25-15)24-14-4-6-20(21,22)7-5-14/h8-9,11,14H,3-7,10H2,1-2H3,(H,23,27)(H,24,25). The van der Waals surface area contributed by atoms with E-state index in [1.807, 2.05) is 0 Å². The third-order valence-corrected chi connectivity index (χ3v) is 5.57. The van der Waals surface area contributed by atoms with Crippen LogP contribution in [0.5, 0.6) is 0 Å². The van der Waals surface area contributed by atoms with Gasteiger partial charge in [0.25, 0.3) is 0 Å². The SMILES string of the molecule is CCOC(=O)c1csc(-c2cc(CNC(C)=O)cc(NC3CCC(F)(F)CC3)n2)n1. The van der Waals surface area contributed by atoms with Crippen LogP contribution in [0.4, 0.5) is 14.6 Å². The number of aromatic nitrogens is 2. The molecule has 1 aliphatic carbocycles. The van der Waals surface area contributed by atoms with E-state index in [4.69, 9.17) is 4.74 Å². The molecule has 1 fully saturated rings. The molecular formula is C20H24F2N4O3S. The summed E-state index contributed by atoms with van der Waals surface area (Å²) in [6, 6.07) is 3.46. The summed E-state index contributed by atoms with van der Waals surface area (Å²) in [5.41, 5.74) is 1.52. The molecule has 1 aliphatic rings. The maximum atomic E-state index is 13.4. The zero-order valence-electron chi connectivity index (χ0n) is 16.8. The molecule has 0 saturated heterocycles. The Morgan fingerprint density at radius 3 is 2.67 bits per heavy atom. The quantitative estimate of drug-likeness (QED) is 0.635. The lowest BCUT2D eigenvalue weighted by Crippen LogP contribution is -2.32. The van der Waals surface area contributed by atoms with Gasteiger partial charge < -0.3 is 15.4 Å². The molecule has 1 amide bonds. The number of amides is 1. The van der Waals surface area contributed by atoms with E-state index in [1.165, 1.54) is 18.3 Å². The number of alkyl halides is 2. The van der Waals surface area contributed by atoms with Gasteiger partial charge in [-0.05, 0) is 37.5 Å². The highest BCUT2D eigenvalue weighted by molar-refractivity contribution is 7.13. The number of carbonyl (C=O) groups is 2. The number of carbonyl (C=O) groups excluding carboxylic acids is 2. The Balaban J connectivity index is 1.83. The molecule has 2 heterocycles. The van der Waals surface area contributed by atoms with Crippen LogP contribution in [0.3, 0.4) is 0 Å². The highest BCUT2D eigenvalue weighted by Gasteiger charge is 2.35. The number of nitrogens with zero attached hydrogens (tertiary/aromatic N) is 2. The van der Waals surface area contributed by atoms with Gasteiger partial charge in [-0.3, -0.25) is 4.79 Å². The smallest absolute Gasteiger partial charge is 0.357 e. The lowest BCUT2D eigenvalue weighted by molar-refractivity contribution is -0.119. The number of halogens is 2. The highest BCUT2D eigenvalue weighted by atomic mass is 32.1.